The quantitative estimate of drug-likeness (QED) is 0.0831. The van der Waals surface area contributed by atoms with Crippen LogP contribution in [0.4, 0.5) is 26.3 Å². The molecule has 0 saturated carbocycles. The molecular formula is C35H31BrF6O5. The van der Waals surface area contributed by atoms with Crippen molar-refractivity contribution in [2.45, 2.75) is 55.1 Å². The second-order valence-electron chi connectivity index (χ2n) is 10.6. The van der Waals surface area contributed by atoms with Crippen molar-refractivity contribution < 1.29 is 50.1 Å². The van der Waals surface area contributed by atoms with Crippen molar-refractivity contribution >= 4 is 21.7 Å². The van der Waals surface area contributed by atoms with E-state index in [2.05, 4.69) is 20.7 Å². The van der Waals surface area contributed by atoms with Gasteiger partial charge in [-0.1, -0.05) is 101 Å². The highest BCUT2D eigenvalue weighted by molar-refractivity contribution is 9.10. The number of hydrogen-bond acceptors (Lipinski definition) is 5. The molecule has 5 nitrogen and oxygen atoms in total. The van der Waals surface area contributed by atoms with Crippen LogP contribution in [-0.2, 0) is 40.3 Å². The summed E-state index contributed by atoms with van der Waals surface area (Å²) < 4.78 is 96.3. The van der Waals surface area contributed by atoms with Crippen LogP contribution in [-0.4, -0.2) is 42.0 Å². The van der Waals surface area contributed by atoms with E-state index in [0.717, 1.165) is 23.8 Å². The number of alkyl halides is 7. The number of carbonyl (C=O) groups excluding carboxylic acids is 1. The number of Topliss-reactive ketones (excluding diaryl/α,β-unsaturated/α-hetero) is 1. The highest BCUT2D eigenvalue weighted by atomic mass is 79.9. The van der Waals surface area contributed by atoms with Gasteiger partial charge in [-0.15, -0.1) is 0 Å². The normalized spacial score (nSPS) is 18.0. The van der Waals surface area contributed by atoms with Crippen molar-refractivity contribution in [3.63, 3.8) is 0 Å². The minimum atomic E-state index is -4.83. The van der Waals surface area contributed by atoms with Crippen LogP contribution in [0.3, 0.4) is 0 Å². The number of methoxy groups -OCH3 is 1. The average Bonchev–Trinajstić information content (AvgIpc) is 3.79. The van der Waals surface area contributed by atoms with Crippen LogP contribution in [0.25, 0.3) is 0 Å². The minimum Gasteiger partial charge on any atom is -0.489 e. The first-order chi connectivity index (χ1) is 22.3. The van der Waals surface area contributed by atoms with Gasteiger partial charge in [-0.3, -0.25) is 4.79 Å². The van der Waals surface area contributed by atoms with E-state index in [4.69, 9.17) is 14.2 Å². The molecule has 4 aromatic rings. The number of ketones is 1. The van der Waals surface area contributed by atoms with Crippen molar-refractivity contribution in [1.82, 2.24) is 0 Å². The minimum absolute atomic E-state index is 0.0304. The number of halogens is 7. The molecule has 1 aliphatic rings. The fourth-order valence-electron chi connectivity index (χ4n) is 4.51. The molecule has 5 rings (SSSR count). The van der Waals surface area contributed by atoms with E-state index in [1.807, 2.05) is 60.7 Å². The second-order valence-corrected chi connectivity index (χ2v) is 11.7. The average molecular weight is 726 g/mol. The third kappa shape index (κ3) is 10.3. The zero-order valence-corrected chi connectivity index (χ0v) is 26.6. The Labute approximate surface area is 276 Å². The Bertz CT molecular complexity index is 1550. The molecule has 0 amide bonds. The predicted molar refractivity (Wildman–Crippen MR) is 166 cm³/mol. The van der Waals surface area contributed by atoms with Crippen molar-refractivity contribution in [2.24, 2.45) is 0 Å². The highest BCUT2D eigenvalue weighted by Gasteiger charge is 2.74. The third-order valence-corrected chi connectivity index (χ3v) is 7.87. The Hall–Kier alpha value is -3.87. The van der Waals surface area contributed by atoms with Gasteiger partial charge in [0.25, 0.3) is 5.79 Å². The molecule has 4 aromatic carbocycles. The molecule has 0 bridgehead atoms. The summed E-state index contributed by atoms with van der Waals surface area (Å²) in [6.07, 6.45) is -10.3. The van der Waals surface area contributed by atoms with Crippen molar-refractivity contribution in [1.29, 1.82) is 0 Å². The summed E-state index contributed by atoms with van der Waals surface area (Å²) in [5, 5.41) is 0. The fraction of sp³-hybridized carbons (Fsp3) is 0.286. The molecule has 0 spiro atoms. The van der Waals surface area contributed by atoms with Gasteiger partial charge in [0.2, 0.25) is 5.78 Å². The van der Waals surface area contributed by atoms with Gasteiger partial charge in [-0.2, -0.15) is 26.3 Å². The van der Waals surface area contributed by atoms with E-state index < -0.39 is 34.9 Å². The summed E-state index contributed by atoms with van der Waals surface area (Å²) in [4.78, 5) is 9.82. The molecule has 0 aromatic heterocycles. The zero-order valence-electron chi connectivity index (χ0n) is 25.1. The van der Waals surface area contributed by atoms with Gasteiger partial charge >= 0.3 is 12.4 Å². The zero-order chi connectivity index (χ0) is 34.1. The molecule has 0 N–H and O–H groups in total. The van der Waals surface area contributed by atoms with Gasteiger partial charge in [0, 0.05) is 13.5 Å². The number of ether oxygens (including phenoxy) is 4. The van der Waals surface area contributed by atoms with Crippen molar-refractivity contribution in [3.8, 4) is 11.5 Å². The van der Waals surface area contributed by atoms with E-state index in [9.17, 15) is 31.1 Å². The van der Waals surface area contributed by atoms with E-state index in [1.54, 1.807) is 48.5 Å². The maximum Gasteiger partial charge on any atom is 0.451 e. The predicted octanol–water partition coefficient (Wildman–Crippen LogP) is 8.81. The van der Waals surface area contributed by atoms with E-state index in [1.165, 1.54) is 0 Å². The Balaban J connectivity index is 0.000000213. The molecule has 1 fully saturated rings. The summed E-state index contributed by atoms with van der Waals surface area (Å²) in [6, 6.07) is 32.9. The van der Waals surface area contributed by atoms with Crippen LogP contribution in [0.2, 0.25) is 0 Å². The van der Waals surface area contributed by atoms with Gasteiger partial charge in [-0.25, -0.2) is 0 Å². The largest absolute Gasteiger partial charge is 0.489 e. The summed E-state index contributed by atoms with van der Waals surface area (Å²) in [5.41, 5.74) is 3.42. The number of rotatable bonds is 12. The van der Waals surface area contributed by atoms with Gasteiger partial charge in [0.05, 0.1) is 4.83 Å². The molecule has 12 heteroatoms. The number of hydrogen-bond donors (Lipinski definition) is 0. The Morgan fingerprint density at radius 3 is 1.55 bits per heavy atom. The summed E-state index contributed by atoms with van der Waals surface area (Å²) in [6.45, 7) is 0.848. The van der Waals surface area contributed by atoms with Gasteiger partial charge in [0.15, 0.2) is 0 Å². The van der Waals surface area contributed by atoms with Crippen LogP contribution in [0.1, 0.15) is 22.3 Å². The molecule has 1 aliphatic heterocycles. The third-order valence-electron chi connectivity index (χ3n) is 7.13. The maximum absolute atomic E-state index is 12.9. The van der Waals surface area contributed by atoms with E-state index in [-0.39, 0.29) is 12.8 Å². The molecule has 1 heterocycles. The molecule has 0 radical (unpaired) electrons. The van der Waals surface area contributed by atoms with Gasteiger partial charge in [0.1, 0.15) is 30.8 Å². The van der Waals surface area contributed by atoms with E-state index in [0.29, 0.717) is 30.3 Å². The smallest absolute Gasteiger partial charge is 0.451 e. The lowest BCUT2D eigenvalue weighted by atomic mass is 10.1. The van der Waals surface area contributed by atoms with Crippen LogP contribution >= 0.6 is 15.9 Å². The summed E-state index contributed by atoms with van der Waals surface area (Å²) >= 11 is 2.79. The first-order valence-corrected chi connectivity index (χ1v) is 15.3. The SMILES string of the molecule is COC1(C(F)(F)F)OC1Cc1ccc(OCc2ccccc2)cc1.O=C(C(Br)Cc1ccc(OCc2ccccc2)cc1)C(F)(F)F. The Kier molecular flexibility index (Phi) is 12.1. The lowest BCUT2D eigenvalue weighted by molar-refractivity contribution is -0.263. The standard InChI is InChI=1S/C18H17F3O3.C17H14BrF3O2/c1-22-17(18(19,20)21)16(24-17)11-13-7-9-15(10-8-13)23-12-14-5-3-2-4-6-14;18-15(16(22)17(19,20)21)10-12-6-8-14(9-7-12)23-11-13-4-2-1-3-5-13/h2-10,16H,11-12H2,1H3;1-9,15H,10-11H2. The summed E-state index contributed by atoms with van der Waals surface area (Å²) in [5.74, 6) is -2.96. The first kappa shape index (κ1) is 36.0. The lowest BCUT2D eigenvalue weighted by Gasteiger charge is -2.14. The van der Waals surface area contributed by atoms with Crippen LogP contribution in [0.15, 0.2) is 109 Å². The van der Waals surface area contributed by atoms with E-state index >= 15 is 0 Å². The Morgan fingerprint density at radius 2 is 1.17 bits per heavy atom. The second kappa shape index (κ2) is 15.8. The molecule has 3 atom stereocenters. The van der Waals surface area contributed by atoms with Crippen molar-refractivity contribution in [3.05, 3.63) is 131 Å². The summed E-state index contributed by atoms with van der Waals surface area (Å²) in [7, 11) is 1.01. The highest BCUT2D eigenvalue weighted by Crippen LogP contribution is 2.51. The number of epoxide rings is 1. The molecule has 1 saturated heterocycles. The lowest BCUT2D eigenvalue weighted by Crippen LogP contribution is -2.37. The van der Waals surface area contributed by atoms with Crippen LogP contribution in [0, 0.1) is 0 Å². The molecule has 47 heavy (non-hydrogen) atoms. The van der Waals surface area contributed by atoms with Gasteiger partial charge in [-0.05, 0) is 52.9 Å². The molecule has 3 unspecified atom stereocenters. The van der Waals surface area contributed by atoms with Crippen LogP contribution < -0.4 is 9.47 Å². The number of benzene rings is 4. The molecule has 0 aliphatic carbocycles. The number of carbonyl (C=O) groups is 1. The monoisotopic (exact) mass is 724 g/mol. The maximum atomic E-state index is 12.9. The Morgan fingerprint density at radius 1 is 0.723 bits per heavy atom. The van der Waals surface area contributed by atoms with Crippen LogP contribution in [0.5, 0.6) is 11.5 Å². The topological polar surface area (TPSA) is 57.3 Å². The van der Waals surface area contributed by atoms with Gasteiger partial charge < -0.3 is 18.9 Å². The molecular weight excluding hydrogens is 694 g/mol. The first-order valence-electron chi connectivity index (χ1n) is 14.4. The van der Waals surface area contributed by atoms with Crippen molar-refractivity contribution in [2.75, 3.05) is 7.11 Å². The fourth-order valence-corrected chi connectivity index (χ4v) is 5.15. The molecule has 250 valence electrons.